The zero-order valence-corrected chi connectivity index (χ0v) is 16.4. The van der Waals surface area contributed by atoms with Crippen LogP contribution in [0.1, 0.15) is 24.0 Å². The van der Waals surface area contributed by atoms with E-state index in [0.29, 0.717) is 41.9 Å². The van der Waals surface area contributed by atoms with Crippen molar-refractivity contribution in [2.24, 2.45) is 5.92 Å². The number of hydrogen-bond donors (Lipinski definition) is 2. The molecular weight excluding hydrogens is 418 g/mol. The molecule has 11 heteroatoms. The molecule has 156 valence electrons. The first-order valence-electron chi connectivity index (χ1n) is 9.26. The number of aliphatic hydroxyl groups is 1. The minimum atomic E-state index is -0.851. The molecule has 1 aromatic carbocycles. The summed E-state index contributed by atoms with van der Waals surface area (Å²) in [6, 6.07) is 2.30. The number of H-pyrrole nitrogens is 1. The third-order valence-electron chi connectivity index (χ3n) is 5.03. The van der Waals surface area contributed by atoms with Gasteiger partial charge >= 0.3 is 0 Å². The van der Waals surface area contributed by atoms with Gasteiger partial charge in [-0.15, -0.1) is 5.10 Å². The number of benzene rings is 1. The second-order valence-electron chi connectivity index (χ2n) is 6.98. The van der Waals surface area contributed by atoms with Crippen LogP contribution in [0, 0.1) is 17.6 Å². The Balaban J connectivity index is 1.55. The van der Waals surface area contributed by atoms with E-state index in [4.69, 9.17) is 11.6 Å². The lowest BCUT2D eigenvalue weighted by Crippen LogP contribution is -2.42. The maximum Gasteiger partial charge on any atom is 0.251 e. The second-order valence-corrected chi connectivity index (χ2v) is 7.35. The average Bonchev–Trinajstić information content (AvgIpc) is 3.23. The van der Waals surface area contributed by atoms with Crippen LogP contribution in [0.3, 0.4) is 0 Å². The van der Waals surface area contributed by atoms with Crippen molar-refractivity contribution >= 4 is 23.5 Å². The number of rotatable bonds is 5. The summed E-state index contributed by atoms with van der Waals surface area (Å²) in [4.78, 5) is 18.8. The van der Waals surface area contributed by atoms with Gasteiger partial charge in [0.15, 0.2) is 5.82 Å². The van der Waals surface area contributed by atoms with Crippen molar-refractivity contribution in [2.45, 2.75) is 25.9 Å². The summed E-state index contributed by atoms with van der Waals surface area (Å²) in [5.41, 5.74) is 1.41. The fourth-order valence-electron chi connectivity index (χ4n) is 3.53. The van der Waals surface area contributed by atoms with Crippen molar-refractivity contribution in [2.75, 3.05) is 11.4 Å². The number of aromatic amines is 1. The minimum absolute atomic E-state index is 0.181. The highest BCUT2D eigenvalue weighted by Gasteiger charge is 2.32. The third-order valence-corrected chi connectivity index (χ3v) is 5.39. The summed E-state index contributed by atoms with van der Waals surface area (Å²) in [6.07, 6.45) is 4.32. The maximum absolute atomic E-state index is 13.7. The predicted molar refractivity (Wildman–Crippen MR) is 103 cm³/mol. The van der Waals surface area contributed by atoms with Crippen LogP contribution in [0.25, 0.3) is 11.4 Å². The predicted octanol–water partition coefficient (Wildman–Crippen LogP) is 2.67. The van der Waals surface area contributed by atoms with E-state index < -0.39 is 22.6 Å². The molecule has 1 atom stereocenters. The molecule has 0 saturated carbocycles. The van der Waals surface area contributed by atoms with Gasteiger partial charge in [0.25, 0.3) is 5.95 Å². The zero-order valence-electron chi connectivity index (χ0n) is 15.6. The number of amides is 1. The highest BCUT2D eigenvalue weighted by atomic mass is 35.5. The van der Waals surface area contributed by atoms with E-state index in [2.05, 4.69) is 25.4 Å². The van der Waals surface area contributed by atoms with Crippen LogP contribution in [0.4, 0.5) is 14.7 Å². The van der Waals surface area contributed by atoms with Crippen LogP contribution in [-0.2, 0) is 17.8 Å². The Morgan fingerprint density at radius 3 is 2.70 bits per heavy atom. The number of anilines is 1. The molecule has 0 bridgehead atoms. The highest BCUT2D eigenvalue weighted by molar-refractivity contribution is 6.30. The average molecular weight is 435 g/mol. The van der Waals surface area contributed by atoms with Crippen molar-refractivity contribution in [1.82, 2.24) is 25.4 Å². The van der Waals surface area contributed by atoms with Gasteiger partial charge in [-0.3, -0.25) is 14.8 Å². The van der Waals surface area contributed by atoms with E-state index in [0.717, 1.165) is 12.1 Å². The molecular formula is C19H17ClF2N6O2. The van der Waals surface area contributed by atoms with Gasteiger partial charge in [-0.1, -0.05) is 11.6 Å². The standard InChI is InChI=1S/C19H17ClF2N6O2/c20-16-14(21)5-10(6-15(16)22)4-11-2-1-3-28(18(11)30)19-25-17(26-27-19)13-8-24-23-7-12(13)9-29/h5-8,11,29H,1-4,9H2,(H,25,26,27). The quantitative estimate of drug-likeness (QED) is 0.598. The number of nitrogens with one attached hydrogen (secondary N) is 1. The summed E-state index contributed by atoms with van der Waals surface area (Å²) >= 11 is 5.53. The molecule has 2 aromatic heterocycles. The number of aromatic nitrogens is 5. The first-order valence-corrected chi connectivity index (χ1v) is 9.63. The highest BCUT2D eigenvalue weighted by Crippen LogP contribution is 2.28. The van der Waals surface area contributed by atoms with E-state index in [-0.39, 0.29) is 24.9 Å². The van der Waals surface area contributed by atoms with Gasteiger partial charge in [-0.2, -0.15) is 15.2 Å². The molecule has 3 aromatic rings. The summed E-state index contributed by atoms with van der Waals surface area (Å²) in [7, 11) is 0. The molecule has 0 radical (unpaired) electrons. The van der Waals surface area contributed by atoms with Gasteiger partial charge in [-0.05, 0) is 37.0 Å². The van der Waals surface area contributed by atoms with Gasteiger partial charge in [0.05, 0.1) is 19.0 Å². The number of hydrogen-bond acceptors (Lipinski definition) is 6. The van der Waals surface area contributed by atoms with Crippen LogP contribution in [0.5, 0.6) is 0 Å². The van der Waals surface area contributed by atoms with Crippen LogP contribution in [0.15, 0.2) is 24.5 Å². The lowest BCUT2D eigenvalue weighted by Gasteiger charge is -2.30. The first-order chi connectivity index (χ1) is 14.5. The van der Waals surface area contributed by atoms with Crippen LogP contribution >= 0.6 is 11.6 Å². The molecule has 1 unspecified atom stereocenters. The van der Waals surface area contributed by atoms with Crippen LogP contribution in [0.2, 0.25) is 5.02 Å². The molecule has 3 heterocycles. The smallest absolute Gasteiger partial charge is 0.251 e. The summed E-state index contributed by atoms with van der Waals surface area (Å²) in [6.45, 7) is 0.178. The Morgan fingerprint density at radius 1 is 1.23 bits per heavy atom. The Kier molecular flexibility index (Phi) is 5.69. The first kappa shape index (κ1) is 20.3. The number of carbonyl (C=O) groups excluding carboxylic acids is 1. The van der Waals surface area contributed by atoms with E-state index >= 15 is 0 Å². The van der Waals surface area contributed by atoms with Crippen molar-refractivity contribution in [3.05, 3.63) is 52.3 Å². The molecule has 1 aliphatic rings. The van der Waals surface area contributed by atoms with E-state index in [1.54, 1.807) is 0 Å². The Bertz CT molecular complexity index is 1070. The molecule has 30 heavy (non-hydrogen) atoms. The number of piperidine rings is 1. The number of halogens is 3. The molecule has 1 aliphatic heterocycles. The Hall–Kier alpha value is -2.98. The van der Waals surface area contributed by atoms with Crippen molar-refractivity contribution in [3.8, 4) is 11.4 Å². The lowest BCUT2D eigenvalue weighted by atomic mass is 9.90. The lowest BCUT2D eigenvalue weighted by molar-refractivity contribution is -0.123. The molecule has 1 saturated heterocycles. The monoisotopic (exact) mass is 434 g/mol. The van der Waals surface area contributed by atoms with E-state index in [9.17, 15) is 18.7 Å². The van der Waals surface area contributed by atoms with Gasteiger partial charge in [0, 0.05) is 23.6 Å². The Labute approximate surface area is 174 Å². The molecule has 0 aliphatic carbocycles. The topological polar surface area (TPSA) is 108 Å². The molecule has 1 fully saturated rings. The summed E-state index contributed by atoms with van der Waals surface area (Å²) in [5, 5.41) is 23.3. The van der Waals surface area contributed by atoms with E-state index in [1.807, 2.05) is 0 Å². The Morgan fingerprint density at radius 2 is 1.97 bits per heavy atom. The normalized spacial score (nSPS) is 16.9. The molecule has 4 rings (SSSR count). The molecule has 0 spiro atoms. The molecule has 2 N–H and O–H groups in total. The minimum Gasteiger partial charge on any atom is -0.392 e. The van der Waals surface area contributed by atoms with Gasteiger partial charge in [0.1, 0.15) is 16.7 Å². The van der Waals surface area contributed by atoms with Gasteiger partial charge in [-0.25, -0.2) is 8.78 Å². The largest absolute Gasteiger partial charge is 0.392 e. The fraction of sp³-hybridized carbons (Fsp3) is 0.316. The van der Waals surface area contributed by atoms with Crippen molar-refractivity contribution < 1.29 is 18.7 Å². The molecule has 1 amide bonds. The van der Waals surface area contributed by atoms with Crippen LogP contribution in [-0.4, -0.2) is 42.9 Å². The molecule has 8 nitrogen and oxygen atoms in total. The van der Waals surface area contributed by atoms with Crippen molar-refractivity contribution in [1.29, 1.82) is 0 Å². The van der Waals surface area contributed by atoms with E-state index in [1.165, 1.54) is 17.3 Å². The van der Waals surface area contributed by atoms with Crippen LogP contribution < -0.4 is 4.90 Å². The maximum atomic E-state index is 13.7. The summed E-state index contributed by atoms with van der Waals surface area (Å²) in [5.74, 6) is -1.85. The number of nitrogens with zero attached hydrogens (tertiary/aromatic N) is 5. The van der Waals surface area contributed by atoms with Gasteiger partial charge in [0.2, 0.25) is 5.91 Å². The zero-order chi connectivity index (χ0) is 21.3. The number of carbonyl (C=O) groups is 1. The summed E-state index contributed by atoms with van der Waals surface area (Å²) < 4.78 is 27.5. The third kappa shape index (κ3) is 3.88. The van der Waals surface area contributed by atoms with Crippen molar-refractivity contribution in [3.63, 3.8) is 0 Å². The fourth-order valence-corrected chi connectivity index (χ4v) is 3.64. The second kappa shape index (κ2) is 8.41. The van der Waals surface area contributed by atoms with Gasteiger partial charge < -0.3 is 5.11 Å². The number of aliphatic hydroxyl groups excluding tert-OH is 1. The SMILES string of the molecule is O=C1C(Cc2cc(F)c(Cl)c(F)c2)CCCN1c1n[nH]c(-c2cnncc2CO)n1.